The van der Waals surface area contributed by atoms with Crippen LogP contribution in [0.25, 0.3) is 0 Å². The number of carbonyl (C=O) groups is 1. The van der Waals surface area contributed by atoms with Gasteiger partial charge < -0.3 is 9.47 Å². The quantitative estimate of drug-likeness (QED) is 0.650. The van der Waals surface area contributed by atoms with Gasteiger partial charge in [-0.3, -0.25) is 4.79 Å². The molecule has 1 aliphatic rings. The molecule has 1 heterocycles. The van der Waals surface area contributed by atoms with Crippen molar-refractivity contribution in [2.24, 2.45) is 0 Å². The Morgan fingerprint density at radius 3 is 2.58 bits per heavy atom. The van der Waals surface area contributed by atoms with Gasteiger partial charge in [-0.15, -0.1) is 0 Å². The number of ether oxygens (including phenoxy) is 2. The van der Waals surface area contributed by atoms with Crippen LogP contribution in [0.5, 0.6) is 0 Å². The van der Waals surface area contributed by atoms with E-state index in [-0.39, 0.29) is 17.7 Å². The van der Waals surface area contributed by atoms with Gasteiger partial charge in [-0.25, -0.2) is 4.39 Å². The predicted octanol–water partition coefficient (Wildman–Crippen LogP) is 5.22. The van der Waals surface area contributed by atoms with Gasteiger partial charge in [0.15, 0.2) is 5.78 Å². The Hall–Kier alpha value is -1.69. The first kappa shape index (κ1) is 19.1. The Labute approximate surface area is 157 Å². The molecule has 2 aromatic rings. The van der Waals surface area contributed by atoms with E-state index in [9.17, 15) is 9.18 Å². The largest absolute Gasteiger partial charge is 0.375 e. The van der Waals surface area contributed by atoms with E-state index in [0.29, 0.717) is 25.0 Å². The smallest absolute Gasteiger partial charge is 0.162 e. The fourth-order valence-corrected chi connectivity index (χ4v) is 4.31. The highest BCUT2D eigenvalue weighted by molar-refractivity contribution is 7.99. The molecule has 0 aliphatic carbocycles. The lowest BCUT2D eigenvalue weighted by Crippen LogP contribution is -2.35. The number of hydrogen-bond donors (Lipinski definition) is 0. The molecule has 5 heteroatoms. The summed E-state index contributed by atoms with van der Waals surface area (Å²) in [4.78, 5) is 13.5. The normalized spacial score (nSPS) is 22.5. The molecule has 2 atom stereocenters. The Kier molecular flexibility index (Phi) is 5.80. The average Bonchev–Trinajstić information content (AvgIpc) is 3.03. The summed E-state index contributed by atoms with van der Waals surface area (Å²) in [6.07, 6.45) is 1.05. The van der Waals surface area contributed by atoms with Crippen molar-refractivity contribution in [1.29, 1.82) is 0 Å². The fraction of sp³-hybridized carbons (Fsp3) is 0.381. The number of halogens is 1. The SMILES string of the molecule is CCC(=O)c1ccc(Sc2cc(F)cc(C3(OC)CCOC3C)c2)cc1. The van der Waals surface area contributed by atoms with Crippen molar-refractivity contribution in [3.05, 3.63) is 59.4 Å². The highest BCUT2D eigenvalue weighted by Gasteiger charge is 2.43. The van der Waals surface area contributed by atoms with Crippen LogP contribution in [0.4, 0.5) is 4.39 Å². The highest BCUT2D eigenvalue weighted by Crippen LogP contribution is 2.41. The highest BCUT2D eigenvalue weighted by atomic mass is 32.2. The van der Waals surface area contributed by atoms with Crippen LogP contribution >= 0.6 is 11.8 Å². The summed E-state index contributed by atoms with van der Waals surface area (Å²) in [5.74, 6) is -0.176. The van der Waals surface area contributed by atoms with Gasteiger partial charge >= 0.3 is 0 Å². The molecule has 0 spiro atoms. The van der Waals surface area contributed by atoms with E-state index < -0.39 is 5.60 Å². The third kappa shape index (κ3) is 3.70. The Bertz CT molecular complexity index is 790. The molecule has 26 heavy (non-hydrogen) atoms. The molecular weight excluding hydrogens is 351 g/mol. The van der Waals surface area contributed by atoms with Crippen molar-refractivity contribution in [2.45, 2.75) is 48.2 Å². The zero-order valence-electron chi connectivity index (χ0n) is 15.3. The second kappa shape index (κ2) is 7.91. The first-order valence-electron chi connectivity index (χ1n) is 8.77. The third-order valence-corrected chi connectivity index (χ3v) is 5.93. The summed E-state index contributed by atoms with van der Waals surface area (Å²) >= 11 is 1.47. The lowest BCUT2D eigenvalue weighted by molar-refractivity contribution is -0.0650. The molecule has 0 saturated carbocycles. The molecule has 138 valence electrons. The molecule has 0 amide bonds. The van der Waals surface area contributed by atoms with Gasteiger partial charge in [-0.2, -0.15) is 0 Å². The molecular formula is C21H23FO3S. The molecule has 2 aromatic carbocycles. The minimum absolute atomic E-state index is 0.117. The van der Waals surface area contributed by atoms with Crippen LogP contribution < -0.4 is 0 Å². The zero-order chi connectivity index (χ0) is 18.7. The van der Waals surface area contributed by atoms with Crippen LogP contribution in [0, 0.1) is 5.82 Å². The molecule has 0 aromatic heterocycles. The summed E-state index contributed by atoms with van der Waals surface area (Å²) in [5, 5.41) is 0. The molecule has 0 radical (unpaired) electrons. The molecule has 3 nitrogen and oxygen atoms in total. The van der Waals surface area contributed by atoms with Crippen LogP contribution in [0.3, 0.4) is 0 Å². The minimum Gasteiger partial charge on any atom is -0.375 e. The van der Waals surface area contributed by atoms with Gasteiger partial charge in [0.05, 0.1) is 12.7 Å². The molecule has 1 fully saturated rings. The van der Waals surface area contributed by atoms with Crippen molar-refractivity contribution in [3.8, 4) is 0 Å². The van der Waals surface area contributed by atoms with Gasteiger partial charge in [-0.1, -0.05) is 30.8 Å². The Morgan fingerprint density at radius 1 is 1.27 bits per heavy atom. The topological polar surface area (TPSA) is 35.5 Å². The van der Waals surface area contributed by atoms with Crippen molar-refractivity contribution in [3.63, 3.8) is 0 Å². The lowest BCUT2D eigenvalue weighted by atomic mass is 9.87. The van der Waals surface area contributed by atoms with E-state index >= 15 is 0 Å². The minimum atomic E-state index is -0.616. The maximum absolute atomic E-state index is 14.3. The standard InChI is InChI=1S/C21H23FO3S/c1-4-20(23)15-5-7-18(8-6-15)26-19-12-16(11-17(22)13-19)21(24-3)9-10-25-14(21)2/h5-8,11-14H,4,9-10H2,1-3H3. The summed E-state index contributed by atoms with van der Waals surface area (Å²) < 4.78 is 25.7. The van der Waals surface area contributed by atoms with E-state index in [1.165, 1.54) is 23.9 Å². The van der Waals surface area contributed by atoms with Crippen molar-refractivity contribution >= 4 is 17.5 Å². The molecule has 1 saturated heterocycles. The van der Waals surface area contributed by atoms with Crippen LogP contribution in [0.15, 0.2) is 52.3 Å². The molecule has 3 rings (SSSR count). The summed E-state index contributed by atoms with van der Waals surface area (Å²) in [5.41, 5.74) is 0.881. The van der Waals surface area contributed by atoms with Crippen LogP contribution in [0.1, 0.15) is 42.6 Å². The average molecular weight is 374 g/mol. The second-order valence-electron chi connectivity index (χ2n) is 6.44. The van der Waals surface area contributed by atoms with Crippen LogP contribution in [0.2, 0.25) is 0 Å². The number of benzene rings is 2. The van der Waals surface area contributed by atoms with Crippen molar-refractivity contribution in [2.75, 3.05) is 13.7 Å². The Balaban J connectivity index is 1.87. The molecule has 2 unspecified atom stereocenters. The maximum atomic E-state index is 14.3. The van der Waals surface area contributed by atoms with E-state index in [0.717, 1.165) is 15.4 Å². The van der Waals surface area contributed by atoms with Crippen molar-refractivity contribution in [1.82, 2.24) is 0 Å². The van der Waals surface area contributed by atoms with Gasteiger partial charge in [-0.05, 0) is 42.8 Å². The summed E-state index contributed by atoms with van der Waals surface area (Å²) in [7, 11) is 1.65. The number of Topliss-reactive ketones (excluding diaryl/α,β-unsaturated/α-hetero) is 1. The van der Waals surface area contributed by atoms with E-state index in [1.54, 1.807) is 7.11 Å². The number of hydrogen-bond acceptors (Lipinski definition) is 4. The number of ketones is 1. The number of rotatable bonds is 6. The summed E-state index contributed by atoms with van der Waals surface area (Å²) in [6.45, 7) is 4.40. The predicted molar refractivity (Wildman–Crippen MR) is 100 cm³/mol. The second-order valence-corrected chi connectivity index (χ2v) is 7.58. The van der Waals surface area contributed by atoms with Gasteiger partial charge in [0, 0.05) is 35.3 Å². The third-order valence-electron chi connectivity index (χ3n) is 4.96. The van der Waals surface area contributed by atoms with E-state index in [2.05, 4.69) is 0 Å². The van der Waals surface area contributed by atoms with E-state index in [4.69, 9.17) is 9.47 Å². The summed E-state index contributed by atoms with van der Waals surface area (Å²) in [6, 6.07) is 12.4. The van der Waals surface area contributed by atoms with Crippen LogP contribution in [-0.2, 0) is 15.1 Å². The lowest BCUT2D eigenvalue weighted by Gasteiger charge is -2.31. The monoisotopic (exact) mass is 374 g/mol. The van der Waals surface area contributed by atoms with Gasteiger partial charge in [0.1, 0.15) is 11.4 Å². The van der Waals surface area contributed by atoms with E-state index in [1.807, 2.05) is 44.2 Å². The molecule has 0 N–H and O–H groups in total. The first-order valence-corrected chi connectivity index (χ1v) is 9.59. The maximum Gasteiger partial charge on any atom is 0.162 e. The van der Waals surface area contributed by atoms with Crippen molar-refractivity contribution < 1.29 is 18.7 Å². The van der Waals surface area contributed by atoms with Gasteiger partial charge in [0.25, 0.3) is 0 Å². The first-order chi connectivity index (χ1) is 12.5. The van der Waals surface area contributed by atoms with Gasteiger partial charge in [0.2, 0.25) is 0 Å². The Morgan fingerprint density at radius 2 is 2.00 bits per heavy atom. The number of carbonyl (C=O) groups excluding carboxylic acids is 1. The zero-order valence-corrected chi connectivity index (χ0v) is 16.1. The number of methoxy groups -OCH3 is 1. The molecule has 1 aliphatic heterocycles. The molecule has 0 bridgehead atoms. The van der Waals surface area contributed by atoms with Crippen LogP contribution in [-0.4, -0.2) is 25.6 Å². The fourth-order valence-electron chi connectivity index (χ4n) is 3.41.